The van der Waals surface area contributed by atoms with Gasteiger partial charge in [-0.05, 0) is 47.7 Å². The zero-order chi connectivity index (χ0) is 29.4. The molecule has 1 heterocycles. The number of unbranched alkanes of at least 4 members (excludes halogenated alkanes) is 6. The molecule has 0 aliphatic carbocycles. The van der Waals surface area contributed by atoms with Crippen LogP contribution in [-0.4, -0.2) is 40.4 Å². The first kappa shape index (κ1) is 31.5. The molecular weight excluding hydrogens is 532 g/mol. The summed E-state index contributed by atoms with van der Waals surface area (Å²) in [6.45, 7) is 1.81. The van der Waals surface area contributed by atoms with Crippen molar-refractivity contribution in [3.05, 3.63) is 89.5 Å². The molecule has 0 bridgehead atoms. The van der Waals surface area contributed by atoms with E-state index in [9.17, 15) is 4.79 Å². The summed E-state index contributed by atoms with van der Waals surface area (Å²) in [4.78, 5) is 13.4. The summed E-state index contributed by atoms with van der Waals surface area (Å²) < 4.78 is 32.8. The van der Waals surface area contributed by atoms with Crippen LogP contribution in [0.2, 0.25) is 0 Å². The van der Waals surface area contributed by atoms with Crippen LogP contribution in [0.4, 0.5) is 0 Å². The van der Waals surface area contributed by atoms with Crippen molar-refractivity contribution in [1.29, 1.82) is 0 Å². The van der Waals surface area contributed by atoms with Crippen LogP contribution in [0.1, 0.15) is 79.9 Å². The Morgan fingerprint density at radius 1 is 0.714 bits per heavy atom. The first-order chi connectivity index (χ1) is 20.7. The SMILES string of the molecule is COCOc1ccc(C2C(=O)Oc3cc(OCOC)ccc3C2CCCCCCCCCOCc2ccccc2)cc1. The van der Waals surface area contributed by atoms with Gasteiger partial charge in [0.15, 0.2) is 13.6 Å². The standard InChI is InChI=1S/C35H44O7/c1-37-25-40-29-18-16-28(17-19-29)34-32(31-21-20-30(41-26-38-2)23-33(31)42-35(34)36)15-11-6-4-3-5-7-12-22-39-24-27-13-9-8-10-14-27/h8-10,13-14,16-21,23,32,34H,3-7,11-12,15,22,24-26H2,1-2H3. The van der Waals surface area contributed by atoms with Crippen molar-refractivity contribution < 1.29 is 33.2 Å². The van der Waals surface area contributed by atoms with Crippen molar-refractivity contribution in [2.75, 3.05) is 34.4 Å². The van der Waals surface area contributed by atoms with Gasteiger partial charge in [0.25, 0.3) is 0 Å². The molecule has 7 heteroatoms. The van der Waals surface area contributed by atoms with E-state index >= 15 is 0 Å². The molecule has 0 saturated carbocycles. The van der Waals surface area contributed by atoms with Crippen LogP contribution in [0.5, 0.6) is 17.2 Å². The molecule has 0 spiro atoms. The van der Waals surface area contributed by atoms with Crippen LogP contribution in [0.3, 0.4) is 0 Å². The van der Waals surface area contributed by atoms with Gasteiger partial charge in [-0.15, -0.1) is 0 Å². The van der Waals surface area contributed by atoms with Gasteiger partial charge in [-0.2, -0.15) is 0 Å². The Morgan fingerprint density at radius 3 is 2.07 bits per heavy atom. The average Bonchev–Trinajstić information content (AvgIpc) is 3.02. The molecule has 0 radical (unpaired) electrons. The normalized spacial score (nSPS) is 16.1. The Morgan fingerprint density at radius 2 is 1.36 bits per heavy atom. The molecule has 2 atom stereocenters. The number of fused-ring (bicyclic) bond motifs is 1. The quantitative estimate of drug-likeness (QED) is 0.0625. The van der Waals surface area contributed by atoms with Crippen LogP contribution in [0, 0.1) is 0 Å². The van der Waals surface area contributed by atoms with Crippen molar-refractivity contribution in [3.8, 4) is 17.2 Å². The zero-order valence-electron chi connectivity index (χ0n) is 24.9. The maximum absolute atomic E-state index is 13.4. The highest BCUT2D eigenvalue weighted by atomic mass is 16.7. The van der Waals surface area contributed by atoms with Crippen LogP contribution >= 0.6 is 0 Å². The number of ether oxygens (including phenoxy) is 6. The number of hydrogen-bond acceptors (Lipinski definition) is 7. The van der Waals surface area contributed by atoms with Crippen molar-refractivity contribution in [2.24, 2.45) is 0 Å². The molecule has 0 N–H and O–H groups in total. The summed E-state index contributed by atoms with van der Waals surface area (Å²) >= 11 is 0. The maximum Gasteiger partial charge on any atom is 0.319 e. The highest BCUT2D eigenvalue weighted by molar-refractivity contribution is 5.84. The molecule has 3 aromatic carbocycles. The molecule has 0 amide bonds. The lowest BCUT2D eigenvalue weighted by Crippen LogP contribution is -2.30. The fourth-order valence-electron chi connectivity index (χ4n) is 5.45. The molecule has 2 unspecified atom stereocenters. The molecule has 0 saturated heterocycles. The first-order valence-corrected chi connectivity index (χ1v) is 15.0. The van der Waals surface area contributed by atoms with Crippen molar-refractivity contribution in [1.82, 2.24) is 0 Å². The molecule has 0 fully saturated rings. The molecule has 0 aromatic heterocycles. The lowest BCUT2D eigenvalue weighted by atomic mass is 9.76. The smallest absolute Gasteiger partial charge is 0.319 e. The van der Waals surface area contributed by atoms with Gasteiger partial charge in [0.2, 0.25) is 0 Å². The Bertz CT molecular complexity index is 1200. The number of esters is 1. The Kier molecular flexibility index (Phi) is 13.2. The highest BCUT2D eigenvalue weighted by Gasteiger charge is 2.38. The molecule has 42 heavy (non-hydrogen) atoms. The average molecular weight is 577 g/mol. The van der Waals surface area contributed by atoms with E-state index in [1.807, 2.05) is 54.6 Å². The van der Waals surface area contributed by atoms with E-state index in [-0.39, 0.29) is 31.4 Å². The third-order valence-corrected chi connectivity index (χ3v) is 7.59. The number of carbonyl (C=O) groups excluding carboxylic acids is 1. The van der Waals surface area contributed by atoms with Crippen LogP contribution in [0.15, 0.2) is 72.8 Å². The number of carbonyl (C=O) groups is 1. The largest absolute Gasteiger partial charge is 0.468 e. The summed E-state index contributed by atoms with van der Waals surface area (Å²) in [6.07, 6.45) is 9.00. The molecule has 4 rings (SSSR count). The van der Waals surface area contributed by atoms with Gasteiger partial charge in [0.1, 0.15) is 17.2 Å². The van der Waals surface area contributed by atoms with Crippen LogP contribution < -0.4 is 14.2 Å². The lowest BCUT2D eigenvalue weighted by Gasteiger charge is -2.32. The van der Waals surface area contributed by atoms with Gasteiger partial charge in [-0.1, -0.05) is 87.1 Å². The van der Waals surface area contributed by atoms with Gasteiger partial charge in [0.05, 0.1) is 12.5 Å². The summed E-state index contributed by atoms with van der Waals surface area (Å²) in [5, 5.41) is 0. The minimum absolute atomic E-state index is 0.0187. The Labute approximate surface area is 250 Å². The van der Waals surface area contributed by atoms with Crippen LogP contribution in [0.25, 0.3) is 0 Å². The Balaban J connectivity index is 1.28. The number of rotatable bonds is 19. The van der Waals surface area contributed by atoms with E-state index in [1.54, 1.807) is 20.3 Å². The fourth-order valence-corrected chi connectivity index (χ4v) is 5.45. The monoisotopic (exact) mass is 576 g/mol. The van der Waals surface area contributed by atoms with Crippen molar-refractivity contribution in [3.63, 3.8) is 0 Å². The van der Waals surface area contributed by atoms with E-state index in [0.717, 1.165) is 43.4 Å². The predicted octanol–water partition coefficient (Wildman–Crippen LogP) is 7.78. The second kappa shape index (κ2) is 17.5. The second-order valence-electron chi connectivity index (χ2n) is 10.7. The minimum atomic E-state index is -0.379. The van der Waals surface area contributed by atoms with Crippen molar-refractivity contribution >= 4 is 5.97 Å². The Hall–Kier alpha value is -3.39. The molecule has 3 aromatic rings. The van der Waals surface area contributed by atoms with Gasteiger partial charge < -0.3 is 28.4 Å². The van der Waals surface area contributed by atoms with E-state index in [2.05, 4.69) is 12.1 Å². The third kappa shape index (κ3) is 9.58. The van der Waals surface area contributed by atoms with E-state index in [4.69, 9.17) is 28.4 Å². The van der Waals surface area contributed by atoms with Gasteiger partial charge in [-0.25, -0.2) is 0 Å². The van der Waals surface area contributed by atoms with E-state index in [0.29, 0.717) is 23.9 Å². The second-order valence-corrected chi connectivity index (χ2v) is 10.7. The predicted molar refractivity (Wildman–Crippen MR) is 162 cm³/mol. The zero-order valence-corrected chi connectivity index (χ0v) is 24.9. The number of methoxy groups -OCH3 is 2. The molecule has 7 nitrogen and oxygen atoms in total. The maximum atomic E-state index is 13.4. The fraction of sp³-hybridized carbons (Fsp3) is 0.457. The lowest BCUT2D eigenvalue weighted by molar-refractivity contribution is -0.138. The number of hydrogen-bond donors (Lipinski definition) is 0. The van der Waals surface area contributed by atoms with Gasteiger partial charge in [0, 0.05) is 32.8 Å². The summed E-state index contributed by atoms with van der Waals surface area (Å²) in [5.74, 6) is 1.29. The van der Waals surface area contributed by atoms with Gasteiger partial charge in [-0.3, -0.25) is 4.79 Å². The van der Waals surface area contributed by atoms with E-state index < -0.39 is 0 Å². The van der Waals surface area contributed by atoms with Crippen LogP contribution in [-0.2, 0) is 25.6 Å². The number of benzene rings is 3. The molecule has 1 aliphatic heterocycles. The third-order valence-electron chi connectivity index (χ3n) is 7.59. The van der Waals surface area contributed by atoms with Gasteiger partial charge >= 0.3 is 5.97 Å². The van der Waals surface area contributed by atoms with E-state index in [1.165, 1.54) is 31.2 Å². The minimum Gasteiger partial charge on any atom is -0.468 e. The highest BCUT2D eigenvalue weighted by Crippen LogP contribution is 2.47. The molecule has 1 aliphatic rings. The summed E-state index contributed by atoms with van der Waals surface area (Å²) in [5.41, 5.74) is 3.19. The molecule has 226 valence electrons. The summed E-state index contributed by atoms with van der Waals surface area (Å²) in [6, 6.07) is 23.7. The summed E-state index contributed by atoms with van der Waals surface area (Å²) in [7, 11) is 3.16. The molecular formula is C35H44O7. The first-order valence-electron chi connectivity index (χ1n) is 15.0. The van der Waals surface area contributed by atoms with Crippen molar-refractivity contribution in [2.45, 2.75) is 69.8 Å². The topological polar surface area (TPSA) is 72.5 Å².